The van der Waals surface area contributed by atoms with E-state index in [9.17, 15) is 4.79 Å². The van der Waals surface area contributed by atoms with E-state index in [4.69, 9.17) is 0 Å². The molecular weight excluding hydrogens is 268 g/mol. The molecule has 0 amide bonds. The smallest absolute Gasteiger partial charge is 0.166 e. The van der Waals surface area contributed by atoms with Gasteiger partial charge in [-0.1, -0.05) is 45.4 Å². The number of ketones is 1. The van der Waals surface area contributed by atoms with Crippen molar-refractivity contribution in [3.63, 3.8) is 0 Å². The summed E-state index contributed by atoms with van der Waals surface area (Å²) in [4.78, 5) is 12.5. The van der Waals surface area contributed by atoms with Crippen LogP contribution in [0.5, 0.6) is 0 Å². The fraction of sp³-hybridized carbons (Fsp3) is 0.571. The molecule has 1 rings (SSSR count). The van der Waals surface area contributed by atoms with Crippen molar-refractivity contribution in [3.05, 3.63) is 46.0 Å². The van der Waals surface area contributed by atoms with E-state index in [-0.39, 0.29) is 11.2 Å². The van der Waals surface area contributed by atoms with Crippen LogP contribution in [0.1, 0.15) is 74.5 Å². The Morgan fingerprint density at radius 2 is 1.64 bits per heavy atom. The van der Waals surface area contributed by atoms with E-state index < -0.39 is 0 Å². The van der Waals surface area contributed by atoms with Crippen LogP contribution in [0.3, 0.4) is 0 Å². The molecule has 0 atom stereocenters. The molecule has 0 bridgehead atoms. The van der Waals surface area contributed by atoms with Crippen LogP contribution in [-0.4, -0.2) is 5.78 Å². The molecule has 1 nitrogen and oxygen atoms in total. The summed E-state index contributed by atoms with van der Waals surface area (Å²) in [5, 5.41) is 0. The first-order valence-corrected chi connectivity index (χ1v) is 8.31. The van der Waals surface area contributed by atoms with E-state index in [0.717, 1.165) is 17.5 Å². The SMILES string of the molecule is C/C(=C/CC(=O)c1cc(C)c(C)cc1C)CC(C)(C)C(C)C. The fourth-order valence-electron chi connectivity index (χ4n) is 2.63. The number of Topliss-reactive ketones (excluding diaryl/α,β-unsaturated/α-hetero) is 1. The number of rotatable bonds is 6. The average molecular weight is 300 g/mol. The molecule has 22 heavy (non-hydrogen) atoms. The predicted molar refractivity (Wildman–Crippen MR) is 96.6 cm³/mol. The quantitative estimate of drug-likeness (QED) is 0.451. The summed E-state index contributed by atoms with van der Waals surface area (Å²) in [5.41, 5.74) is 5.99. The summed E-state index contributed by atoms with van der Waals surface area (Å²) in [6.07, 6.45) is 3.66. The number of carbonyl (C=O) groups excluding carboxylic acids is 1. The van der Waals surface area contributed by atoms with Gasteiger partial charge in [-0.15, -0.1) is 0 Å². The Morgan fingerprint density at radius 3 is 2.18 bits per heavy atom. The van der Waals surface area contributed by atoms with E-state index in [1.54, 1.807) is 0 Å². The van der Waals surface area contributed by atoms with Gasteiger partial charge in [0.05, 0.1) is 0 Å². The van der Waals surface area contributed by atoms with Crippen molar-refractivity contribution in [2.24, 2.45) is 11.3 Å². The van der Waals surface area contributed by atoms with Crippen LogP contribution >= 0.6 is 0 Å². The van der Waals surface area contributed by atoms with Crippen LogP contribution in [0.15, 0.2) is 23.8 Å². The lowest BCUT2D eigenvalue weighted by Crippen LogP contribution is -2.19. The number of hydrogen-bond acceptors (Lipinski definition) is 1. The third-order valence-electron chi connectivity index (χ3n) is 5.07. The monoisotopic (exact) mass is 300 g/mol. The maximum absolute atomic E-state index is 12.5. The summed E-state index contributed by atoms with van der Waals surface area (Å²) in [7, 11) is 0. The molecule has 0 spiro atoms. The van der Waals surface area contributed by atoms with Crippen molar-refractivity contribution in [1.82, 2.24) is 0 Å². The van der Waals surface area contributed by atoms with Crippen LogP contribution < -0.4 is 0 Å². The minimum atomic E-state index is 0.224. The molecule has 0 unspecified atom stereocenters. The van der Waals surface area contributed by atoms with Crippen molar-refractivity contribution < 1.29 is 4.79 Å². The van der Waals surface area contributed by atoms with E-state index in [2.05, 4.69) is 60.6 Å². The Morgan fingerprint density at radius 1 is 1.09 bits per heavy atom. The van der Waals surface area contributed by atoms with Crippen molar-refractivity contribution in [2.75, 3.05) is 0 Å². The molecule has 0 aromatic heterocycles. The minimum absolute atomic E-state index is 0.224. The molecular formula is C21H32O. The van der Waals surface area contributed by atoms with Gasteiger partial charge < -0.3 is 0 Å². The zero-order valence-corrected chi connectivity index (χ0v) is 15.6. The molecule has 0 radical (unpaired) electrons. The average Bonchev–Trinajstić information content (AvgIpc) is 2.39. The van der Waals surface area contributed by atoms with Gasteiger partial charge in [0.15, 0.2) is 5.78 Å². The van der Waals surface area contributed by atoms with Crippen molar-refractivity contribution in [1.29, 1.82) is 0 Å². The second-order valence-electron chi connectivity index (χ2n) is 7.75. The lowest BCUT2D eigenvalue weighted by Gasteiger charge is -2.29. The van der Waals surface area contributed by atoms with Crippen LogP contribution in [0.2, 0.25) is 0 Å². The first-order valence-electron chi connectivity index (χ1n) is 8.31. The Labute approximate surface area is 136 Å². The van der Waals surface area contributed by atoms with E-state index in [1.807, 2.05) is 13.0 Å². The third kappa shape index (κ3) is 4.83. The molecule has 1 heteroatoms. The molecule has 0 saturated heterocycles. The molecule has 0 saturated carbocycles. The highest BCUT2D eigenvalue weighted by atomic mass is 16.1. The van der Waals surface area contributed by atoms with Gasteiger partial charge >= 0.3 is 0 Å². The highest BCUT2D eigenvalue weighted by molar-refractivity contribution is 5.98. The molecule has 0 N–H and O–H groups in total. The van der Waals surface area contributed by atoms with E-state index >= 15 is 0 Å². The highest BCUT2D eigenvalue weighted by Crippen LogP contribution is 2.33. The van der Waals surface area contributed by atoms with Gasteiger partial charge in [-0.05, 0) is 68.2 Å². The first kappa shape index (κ1) is 18.7. The molecule has 1 aromatic rings. The summed E-state index contributed by atoms with van der Waals surface area (Å²) >= 11 is 0. The van der Waals surface area contributed by atoms with Gasteiger partial charge in [-0.25, -0.2) is 0 Å². The van der Waals surface area contributed by atoms with Crippen LogP contribution in [0.4, 0.5) is 0 Å². The topological polar surface area (TPSA) is 17.1 Å². The Kier molecular flexibility index (Phi) is 6.17. The summed E-state index contributed by atoms with van der Waals surface area (Å²) < 4.78 is 0. The minimum Gasteiger partial charge on any atom is -0.294 e. The van der Waals surface area contributed by atoms with Crippen LogP contribution in [0, 0.1) is 32.1 Å². The molecule has 0 fully saturated rings. The maximum Gasteiger partial charge on any atom is 0.166 e. The zero-order chi connectivity index (χ0) is 17.1. The number of allylic oxidation sites excluding steroid dienone is 2. The van der Waals surface area contributed by atoms with E-state index in [1.165, 1.54) is 16.7 Å². The maximum atomic E-state index is 12.5. The van der Waals surface area contributed by atoms with Crippen LogP contribution in [0.25, 0.3) is 0 Å². The molecule has 122 valence electrons. The van der Waals surface area contributed by atoms with E-state index in [0.29, 0.717) is 12.3 Å². The normalized spacial score (nSPS) is 12.9. The summed E-state index contributed by atoms with van der Waals surface area (Å²) in [5.74, 6) is 0.857. The molecule has 1 aromatic carbocycles. The Balaban J connectivity index is 2.82. The fourth-order valence-corrected chi connectivity index (χ4v) is 2.63. The highest BCUT2D eigenvalue weighted by Gasteiger charge is 2.22. The van der Waals surface area contributed by atoms with Crippen LogP contribution in [-0.2, 0) is 0 Å². The Bertz CT molecular complexity index is 574. The van der Waals surface area contributed by atoms with Gasteiger partial charge in [-0.2, -0.15) is 0 Å². The largest absolute Gasteiger partial charge is 0.294 e. The molecule has 0 aliphatic heterocycles. The summed E-state index contributed by atoms with van der Waals surface area (Å²) in [6, 6.07) is 4.15. The standard InChI is InChI=1S/C21H32O/c1-14(2)21(7,8)13-15(3)9-10-20(22)19-12-17(5)16(4)11-18(19)6/h9,11-12,14H,10,13H2,1-8H3/b15-9-. The number of hydrogen-bond donors (Lipinski definition) is 0. The lowest BCUT2D eigenvalue weighted by atomic mass is 9.76. The molecule has 0 heterocycles. The lowest BCUT2D eigenvalue weighted by molar-refractivity contribution is 0.0994. The van der Waals surface area contributed by atoms with Gasteiger partial charge in [0, 0.05) is 12.0 Å². The van der Waals surface area contributed by atoms with Crippen molar-refractivity contribution >= 4 is 5.78 Å². The third-order valence-corrected chi connectivity index (χ3v) is 5.07. The van der Waals surface area contributed by atoms with Gasteiger partial charge in [-0.3, -0.25) is 4.79 Å². The van der Waals surface area contributed by atoms with Crippen molar-refractivity contribution in [2.45, 2.75) is 68.2 Å². The molecule has 0 aliphatic rings. The number of aryl methyl sites for hydroxylation is 3. The predicted octanol–water partition coefficient (Wildman–Crippen LogP) is 6.20. The second-order valence-corrected chi connectivity index (χ2v) is 7.75. The van der Waals surface area contributed by atoms with Crippen molar-refractivity contribution in [3.8, 4) is 0 Å². The van der Waals surface area contributed by atoms with Gasteiger partial charge in [0.2, 0.25) is 0 Å². The zero-order valence-electron chi connectivity index (χ0n) is 15.6. The summed E-state index contributed by atoms with van der Waals surface area (Å²) in [6.45, 7) is 17.4. The van der Waals surface area contributed by atoms with Gasteiger partial charge in [0.25, 0.3) is 0 Å². The second kappa shape index (κ2) is 7.26. The number of benzene rings is 1. The Hall–Kier alpha value is -1.37. The molecule has 0 aliphatic carbocycles. The van der Waals surface area contributed by atoms with Gasteiger partial charge in [0.1, 0.15) is 0 Å². The first-order chi connectivity index (χ1) is 10.0. The number of carbonyl (C=O) groups is 1.